The topological polar surface area (TPSA) is 86.8 Å². The Morgan fingerprint density at radius 1 is 0.925 bits per heavy atom. The van der Waals surface area contributed by atoms with E-state index in [1.165, 1.54) is 4.90 Å². The normalized spacial score (nSPS) is 12.2. The highest BCUT2D eigenvalue weighted by Gasteiger charge is 2.33. The number of sulfonamides is 1. The Morgan fingerprint density at radius 2 is 1.57 bits per heavy atom. The van der Waals surface area contributed by atoms with Crippen LogP contribution in [0.2, 0.25) is 5.02 Å². The van der Waals surface area contributed by atoms with Crippen molar-refractivity contribution in [2.75, 3.05) is 23.7 Å². The average Bonchev–Trinajstić information content (AvgIpc) is 2.92. The third-order valence-corrected chi connectivity index (χ3v) is 7.88. The molecule has 3 aromatic carbocycles. The lowest BCUT2D eigenvalue weighted by Crippen LogP contribution is -2.53. The van der Waals surface area contributed by atoms with E-state index in [9.17, 15) is 18.0 Å². The van der Waals surface area contributed by atoms with Crippen molar-refractivity contribution < 1.29 is 18.0 Å². The number of benzene rings is 3. The van der Waals surface area contributed by atoms with Crippen molar-refractivity contribution in [1.82, 2.24) is 10.2 Å². The maximum absolute atomic E-state index is 14.1. The quantitative estimate of drug-likeness (QED) is 0.304. The van der Waals surface area contributed by atoms with Gasteiger partial charge in [-0.05, 0) is 47.2 Å². The van der Waals surface area contributed by atoms with Crippen molar-refractivity contribution >= 4 is 39.1 Å². The van der Waals surface area contributed by atoms with E-state index in [4.69, 9.17) is 11.6 Å². The molecule has 9 heteroatoms. The second-order valence-electron chi connectivity index (χ2n) is 10.2. The van der Waals surface area contributed by atoms with Gasteiger partial charge in [-0.1, -0.05) is 93.0 Å². The number of aryl methyl sites for hydroxylation is 1. The number of para-hydroxylation sites is 1. The van der Waals surface area contributed by atoms with Crippen molar-refractivity contribution in [3.05, 3.63) is 101 Å². The fourth-order valence-corrected chi connectivity index (χ4v) is 5.55. The molecule has 1 atom stereocenters. The van der Waals surface area contributed by atoms with E-state index >= 15 is 0 Å². The second-order valence-corrected chi connectivity index (χ2v) is 12.6. The molecule has 0 fully saturated rings. The van der Waals surface area contributed by atoms with Gasteiger partial charge in [-0.25, -0.2) is 8.42 Å². The van der Waals surface area contributed by atoms with Crippen molar-refractivity contribution in [3.8, 4) is 0 Å². The summed E-state index contributed by atoms with van der Waals surface area (Å²) in [7, 11) is -3.82. The van der Waals surface area contributed by atoms with Gasteiger partial charge in [0.05, 0.1) is 11.9 Å². The summed E-state index contributed by atoms with van der Waals surface area (Å²) in [4.78, 5) is 29.3. The molecule has 214 valence electrons. The molecule has 0 spiro atoms. The van der Waals surface area contributed by atoms with Crippen LogP contribution in [0.3, 0.4) is 0 Å². The van der Waals surface area contributed by atoms with Crippen LogP contribution in [-0.4, -0.2) is 50.5 Å². The summed E-state index contributed by atoms with van der Waals surface area (Å²) in [6.07, 6.45) is 1.95. The zero-order chi connectivity index (χ0) is 29.3. The molecule has 3 aromatic rings. The number of nitrogens with zero attached hydrogens (tertiary/aromatic N) is 2. The number of carbonyl (C=O) groups excluding carboxylic acids is 2. The predicted octanol–water partition coefficient (Wildman–Crippen LogP) is 5.08. The van der Waals surface area contributed by atoms with E-state index in [2.05, 4.69) is 5.32 Å². The molecule has 0 aliphatic heterocycles. The second kappa shape index (κ2) is 14.3. The van der Waals surface area contributed by atoms with Gasteiger partial charge in [-0.3, -0.25) is 13.9 Å². The number of nitrogens with one attached hydrogen (secondary N) is 1. The molecule has 3 rings (SSSR count). The van der Waals surface area contributed by atoms with E-state index in [1.807, 2.05) is 69.3 Å². The van der Waals surface area contributed by atoms with Crippen LogP contribution in [0.5, 0.6) is 0 Å². The number of rotatable bonds is 13. The van der Waals surface area contributed by atoms with Gasteiger partial charge in [0.25, 0.3) is 0 Å². The van der Waals surface area contributed by atoms with Crippen LogP contribution in [-0.2, 0) is 39.0 Å². The minimum absolute atomic E-state index is 0.0824. The summed E-state index contributed by atoms with van der Waals surface area (Å²) in [6.45, 7) is 6.01. The molecule has 40 heavy (non-hydrogen) atoms. The Balaban J connectivity index is 2.07. The van der Waals surface area contributed by atoms with E-state index < -0.39 is 28.5 Å². The van der Waals surface area contributed by atoms with Crippen LogP contribution in [0.25, 0.3) is 0 Å². The number of carbonyl (C=O) groups is 2. The number of hydrogen-bond acceptors (Lipinski definition) is 4. The van der Waals surface area contributed by atoms with Crippen molar-refractivity contribution in [2.24, 2.45) is 5.92 Å². The molecular formula is C31H38ClN3O4S. The Kier molecular flexibility index (Phi) is 11.2. The molecule has 1 N–H and O–H groups in total. The summed E-state index contributed by atoms with van der Waals surface area (Å²) < 4.78 is 27.1. The summed E-state index contributed by atoms with van der Waals surface area (Å²) in [5.41, 5.74) is 2.87. The molecule has 7 nitrogen and oxygen atoms in total. The molecule has 0 aliphatic rings. The molecule has 2 amide bonds. The lowest BCUT2D eigenvalue weighted by molar-refractivity contribution is -0.140. The highest BCUT2D eigenvalue weighted by molar-refractivity contribution is 7.92. The predicted molar refractivity (Wildman–Crippen MR) is 162 cm³/mol. The Bertz CT molecular complexity index is 1400. The van der Waals surface area contributed by atoms with E-state index in [0.717, 1.165) is 27.3 Å². The van der Waals surface area contributed by atoms with Gasteiger partial charge in [0.1, 0.15) is 12.6 Å². The van der Waals surface area contributed by atoms with Crippen molar-refractivity contribution in [2.45, 2.75) is 46.2 Å². The summed E-state index contributed by atoms with van der Waals surface area (Å²) in [6, 6.07) is 22.8. The average molecular weight is 584 g/mol. The van der Waals surface area contributed by atoms with Gasteiger partial charge in [-0.15, -0.1) is 0 Å². The lowest BCUT2D eigenvalue weighted by atomic mass is 10.0. The van der Waals surface area contributed by atoms with Crippen LogP contribution in [0.15, 0.2) is 78.9 Å². The molecule has 0 unspecified atom stereocenters. The summed E-state index contributed by atoms with van der Waals surface area (Å²) in [5, 5.41) is 3.48. The highest BCUT2D eigenvalue weighted by Crippen LogP contribution is 2.25. The number of amides is 2. The SMILES string of the molecule is CCc1ccccc1N(CC(=O)N(Cc1cccc(Cl)c1)[C@@H](Cc1ccccc1)C(=O)NCC(C)C)S(C)(=O)=O. The molecule has 0 radical (unpaired) electrons. The van der Waals surface area contributed by atoms with Crippen LogP contribution in [0.4, 0.5) is 5.69 Å². The first kappa shape index (κ1) is 31.2. The minimum atomic E-state index is -3.82. The van der Waals surface area contributed by atoms with E-state index in [-0.39, 0.29) is 24.8 Å². The van der Waals surface area contributed by atoms with E-state index in [1.54, 1.807) is 30.3 Å². The zero-order valence-electron chi connectivity index (χ0n) is 23.5. The third kappa shape index (κ3) is 8.83. The Hall–Kier alpha value is -3.36. The van der Waals surface area contributed by atoms with Gasteiger partial charge < -0.3 is 10.2 Å². The molecule has 0 heterocycles. The van der Waals surface area contributed by atoms with Crippen LogP contribution >= 0.6 is 11.6 Å². The summed E-state index contributed by atoms with van der Waals surface area (Å²) in [5.74, 6) is -0.575. The Morgan fingerprint density at radius 3 is 2.20 bits per heavy atom. The smallest absolute Gasteiger partial charge is 0.244 e. The Labute approximate surface area is 243 Å². The molecular weight excluding hydrogens is 546 g/mol. The van der Waals surface area contributed by atoms with Gasteiger partial charge in [0.15, 0.2) is 0 Å². The zero-order valence-corrected chi connectivity index (χ0v) is 25.1. The van der Waals surface area contributed by atoms with Gasteiger partial charge in [-0.2, -0.15) is 0 Å². The molecule has 0 bridgehead atoms. The number of anilines is 1. The maximum Gasteiger partial charge on any atom is 0.244 e. The lowest BCUT2D eigenvalue weighted by Gasteiger charge is -2.34. The first-order chi connectivity index (χ1) is 19.0. The minimum Gasteiger partial charge on any atom is -0.354 e. The first-order valence-electron chi connectivity index (χ1n) is 13.4. The van der Waals surface area contributed by atoms with Crippen molar-refractivity contribution in [1.29, 1.82) is 0 Å². The van der Waals surface area contributed by atoms with Gasteiger partial charge >= 0.3 is 0 Å². The molecule has 0 aliphatic carbocycles. The maximum atomic E-state index is 14.1. The number of halogens is 1. The standard InChI is InChI=1S/C31H38ClN3O4S/c1-5-26-15-9-10-17-28(26)35(40(4,38)39)22-30(36)34(21-25-14-11-16-27(32)18-25)29(31(37)33-20-23(2)3)19-24-12-7-6-8-13-24/h6-18,23,29H,5,19-22H2,1-4H3,(H,33,37)/t29-/m0/s1. The molecule has 0 saturated heterocycles. The summed E-state index contributed by atoms with van der Waals surface area (Å²) >= 11 is 6.25. The molecule has 0 saturated carbocycles. The van der Waals surface area contributed by atoms with Crippen LogP contribution in [0.1, 0.15) is 37.5 Å². The van der Waals surface area contributed by atoms with Crippen LogP contribution in [0, 0.1) is 5.92 Å². The van der Waals surface area contributed by atoms with Gasteiger partial charge in [0.2, 0.25) is 21.8 Å². The largest absolute Gasteiger partial charge is 0.354 e. The first-order valence-corrected chi connectivity index (χ1v) is 15.6. The van der Waals surface area contributed by atoms with Crippen LogP contribution < -0.4 is 9.62 Å². The molecule has 0 aromatic heterocycles. The highest BCUT2D eigenvalue weighted by atomic mass is 35.5. The van der Waals surface area contributed by atoms with Gasteiger partial charge in [0, 0.05) is 24.5 Å². The fourth-order valence-electron chi connectivity index (χ4n) is 4.46. The fraction of sp³-hybridized carbons (Fsp3) is 0.355. The van der Waals surface area contributed by atoms with E-state index in [0.29, 0.717) is 23.7 Å². The third-order valence-electron chi connectivity index (χ3n) is 6.52. The monoisotopic (exact) mass is 583 g/mol. The van der Waals surface area contributed by atoms with Crippen molar-refractivity contribution in [3.63, 3.8) is 0 Å². The number of hydrogen-bond donors (Lipinski definition) is 1.